The monoisotopic (exact) mass is 252 g/mol. The molecule has 1 aromatic rings. The van der Waals surface area contributed by atoms with E-state index in [-0.39, 0.29) is 5.54 Å². The van der Waals surface area contributed by atoms with Crippen molar-refractivity contribution in [2.24, 2.45) is 0 Å². The van der Waals surface area contributed by atoms with Crippen molar-refractivity contribution in [1.29, 1.82) is 0 Å². The van der Waals surface area contributed by atoms with Crippen LogP contribution in [0.1, 0.15) is 65.7 Å². The fourth-order valence-electron chi connectivity index (χ4n) is 1.92. The van der Waals surface area contributed by atoms with Gasteiger partial charge in [-0.3, -0.25) is 0 Å². The van der Waals surface area contributed by atoms with E-state index >= 15 is 0 Å². The van der Waals surface area contributed by atoms with Crippen molar-refractivity contribution in [1.82, 2.24) is 20.1 Å². The zero-order valence-electron chi connectivity index (χ0n) is 12.7. The minimum absolute atomic E-state index is 0.147. The van der Waals surface area contributed by atoms with Gasteiger partial charge in [-0.05, 0) is 27.2 Å². The summed E-state index contributed by atoms with van der Waals surface area (Å²) in [6.07, 6.45) is 2.92. The highest BCUT2D eigenvalue weighted by molar-refractivity contribution is 4.95. The Balaban J connectivity index is 2.83. The molecule has 1 N–H and O–H groups in total. The van der Waals surface area contributed by atoms with E-state index < -0.39 is 0 Å². The molecule has 1 aromatic heterocycles. The Kier molecular flexibility index (Phi) is 5.32. The molecule has 0 radical (unpaired) electrons. The zero-order valence-corrected chi connectivity index (χ0v) is 12.7. The quantitative estimate of drug-likeness (QED) is 0.846. The molecule has 4 nitrogen and oxygen atoms in total. The summed E-state index contributed by atoms with van der Waals surface area (Å²) < 4.78 is 2.12. The molecule has 1 rings (SSSR count). The molecular weight excluding hydrogens is 224 g/mol. The zero-order chi connectivity index (χ0) is 13.8. The van der Waals surface area contributed by atoms with E-state index in [1.807, 2.05) is 0 Å². The third kappa shape index (κ3) is 4.09. The Labute approximate surface area is 111 Å². The third-order valence-electron chi connectivity index (χ3n) is 3.06. The summed E-state index contributed by atoms with van der Waals surface area (Å²) in [5, 5.41) is 8.20. The highest BCUT2D eigenvalue weighted by Gasteiger charge is 2.18. The largest absolute Gasteiger partial charge is 0.310 e. The summed E-state index contributed by atoms with van der Waals surface area (Å²) >= 11 is 0. The third-order valence-corrected chi connectivity index (χ3v) is 3.06. The maximum absolute atomic E-state index is 4.64. The Morgan fingerprint density at radius 3 is 2.28 bits per heavy atom. The Hall–Kier alpha value is -0.900. The van der Waals surface area contributed by atoms with Crippen LogP contribution in [-0.4, -0.2) is 26.8 Å². The summed E-state index contributed by atoms with van der Waals surface area (Å²) in [7, 11) is 0. The lowest BCUT2D eigenvalue weighted by Crippen LogP contribution is -2.40. The number of aryl methyl sites for hydroxylation is 2. The van der Waals surface area contributed by atoms with Crippen molar-refractivity contribution in [3.05, 3.63) is 11.6 Å². The van der Waals surface area contributed by atoms with Crippen LogP contribution in [0.15, 0.2) is 0 Å². The number of nitrogens with one attached hydrogen (secondary N) is 1. The lowest BCUT2D eigenvalue weighted by Gasteiger charge is -2.25. The first-order valence-electron chi connectivity index (χ1n) is 7.10. The van der Waals surface area contributed by atoms with Crippen LogP contribution in [0.3, 0.4) is 0 Å². The summed E-state index contributed by atoms with van der Waals surface area (Å²) in [5.41, 5.74) is 0.147. The van der Waals surface area contributed by atoms with Crippen LogP contribution in [0, 0.1) is 0 Å². The molecule has 1 atom stereocenters. The second-order valence-electron chi connectivity index (χ2n) is 5.79. The van der Waals surface area contributed by atoms with E-state index in [2.05, 4.69) is 61.6 Å². The molecule has 0 amide bonds. The first-order valence-corrected chi connectivity index (χ1v) is 7.10. The molecule has 104 valence electrons. The molecule has 0 aromatic carbocycles. The molecule has 0 aliphatic carbocycles. The van der Waals surface area contributed by atoms with Crippen LogP contribution >= 0.6 is 0 Å². The van der Waals surface area contributed by atoms with E-state index in [1.165, 1.54) is 0 Å². The summed E-state index contributed by atoms with van der Waals surface area (Å²) in [5.74, 6) is 2.07. The number of hydrogen-bond donors (Lipinski definition) is 1. The van der Waals surface area contributed by atoms with E-state index in [0.717, 1.165) is 37.5 Å². The van der Waals surface area contributed by atoms with Gasteiger partial charge in [0.25, 0.3) is 0 Å². The Morgan fingerprint density at radius 1 is 1.17 bits per heavy atom. The maximum atomic E-state index is 4.64. The van der Waals surface area contributed by atoms with Crippen LogP contribution in [-0.2, 0) is 12.8 Å². The van der Waals surface area contributed by atoms with Crippen molar-refractivity contribution >= 4 is 0 Å². The Bertz CT molecular complexity index is 362. The highest BCUT2D eigenvalue weighted by atomic mass is 15.4. The van der Waals surface area contributed by atoms with Gasteiger partial charge >= 0.3 is 0 Å². The minimum Gasteiger partial charge on any atom is -0.310 e. The molecule has 4 heteroatoms. The summed E-state index contributed by atoms with van der Waals surface area (Å²) in [4.78, 5) is 4.58. The van der Waals surface area contributed by atoms with Gasteiger partial charge in [0.15, 0.2) is 5.82 Å². The molecule has 0 spiro atoms. The van der Waals surface area contributed by atoms with E-state index in [0.29, 0.717) is 6.04 Å². The average Bonchev–Trinajstić information content (AvgIpc) is 2.72. The normalized spacial score (nSPS) is 13.9. The molecule has 0 saturated carbocycles. The molecule has 0 aliphatic rings. The first kappa shape index (κ1) is 15.2. The molecular formula is C14H28N4. The fraction of sp³-hybridized carbons (Fsp3) is 0.857. The Morgan fingerprint density at radius 2 is 1.83 bits per heavy atom. The minimum atomic E-state index is 0.147. The summed E-state index contributed by atoms with van der Waals surface area (Å²) in [6, 6.07) is 0.395. The van der Waals surface area contributed by atoms with Gasteiger partial charge < -0.3 is 5.32 Å². The van der Waals surface area contributed by atoms with Gasteiger partial charge in [-0.2, -0.15) is 5.10 Å². The van der Waals surface area contributed by atoms with Gasteiger partial charge in [-0.25, -0.2) is 9.67 Å². The molecule has 0 fully saturated rings. The predicted molar refractivity (Wildman–Crippen MR) is 75.9 cm³/mol. The van der Waals surface area contributed by atoms with Crippen molar-refractivity contribution in [2.45, 2.75) is 72.4 Å². The first-order chi connectivity index (χ1) is 8.41. The second kappa shape index (κ2) is 6.32. The van der Waals surface area contributed by atoms with Gasteiger partial charge in [0.1, 0.15) is 5.82 Å². The lowest BCUT2D eigenvalue weighted by molar-refractivity contribution is 0.338. The lowest BCUT2D eigenvalue weighted by atomic mass is 10.1. The van der Waals surface area contributed by atoms with Gasteiger partial charge in [0, 0.05) is 24.9 Å². The molecule has 18 heavy (non-hydrogen) atoms. The van der Waals surface area contributed by atoms with Crippen LogP contribution in [0.4, 0.5) is 0 Å². The van der Waals surface area contributed by atoms with E-state index in [4.69, 9.17) is 0 Å². The van der Waals surface area contributed by atoms with Gasteiger partial charge in [0.05, 0.1) is 6.04 Å². The van der Waals surface area contributed by atoms with Crippen LogP contribution in [0.25, 0.3) is 0 Å². The standard InChI is InChI=1S/C14H28N4/c1-7-11(10-15-14(4,5)6)18-13(9-3)16-12(8-2)17-18/h11,15H,7-10H2,1-6H3. The molecule has 0 bridgehead atoms. The maximum Gasteiger partial charge on any atom is 0.150 e. The van der Waals surface area contributed by atoms with Crippen molar-refractivity contribution in [3.63, 3.8) is 0 Å². The highest BCUT2D eigenvalue weighted by Crippen LogP contribution is 2.14. The fourth-order valence-corrected chi connectivity index (χ4v) is 1.92. The smallest absolute Gasteiger partial charge is 0.150 e. The molecule has 0 aliphatic heterocycles. The molecule has 0 saturated heterocycles. The summed E-state index contributed by atoms with van der Waals surface area (Å²) in [6.45, 7) is 14.0. The SMILES string of the molecule is CCc1nc(CC)n(C(CC)CNC(C)(C)C)n1. The predicted octanol–water partition coefficient (Wildman–Crippen LogP) is 2.74. The van der Waals surface area contributed by atoms with E-state index in [9.17, 15) is 0 Å². The molecule has 1 unspecified atom stereocenters. The van der Waals surface area contributed by atoms with Crippen LogP contribution in [0.2, 0.25) is 0 Å². The second-order valence-corrected chi connectivity index (χ2v) is 5.79. The number of hydrogen-bond acceptors (Lipinski definition) is 3. The topological polar surface area (TPSA) is 42.7 Å². The van der Waals surface area contributed by atoms with E-state index in [1.54, 1.807) is 0 Å². The van der Waals surface area contributed by atoms with Crippen LogP contribution < -0.4 is 5.32 Å². The van der Waals surface area contributed by atoms with Crippen molar-refractivity contribution in [2.75, 3.05) is 6.54 Å². The number of aromatic nitrogens is 3. The van der Waals surface area contributed by atoms with Gasteiger partial charge in [0.2, 0.25) is 0 Å². The number of nitrogens with zero attached hydrogens (tertiary/aromatic N) is 3. The van der Waals surface area contributed by atoms with Crippen molar-refractivity contribution < 1.29 is 0 Å². The molecule has 1 heterocycles. The average molecular weight is 252 g/mol. The van der Waals surface area contributed by atoms with Crippen molar-refractivity contribution in [3.8, 4) is 0 Å². The van der Waals surface area contributed by atoms with Gasteiger partial charge in [-0.15, -0.1) is 0 Å². The number of rotatable bonds is 6. The van der Waals surface area contributed by atoms with Gasteiger partial charge in [-0.1, -0.05) is 20.8 Å². The van der Waals surface area contributed by atoms with Crippen LogP contribution in [0.5, 0.6) is 0 Å².